The van der Waals surface area contributed by atoms with Crippen LogP contribution in [0.2, 0.25) is 0 Å². The molecule has 1 unspecified atom stereocenters. The monoisotopic (exact) mass is 295 g/mol. The van der Waals surface area contributed by atoms with Crippen molar-refractivity contribution in [3.63, 3.8) is 0 Å². The van der Waals surface area contributed by atoms with Crippen LogP contribution in [0.25, 0.3) is 0 Å². The van der Waals surface area contributed by atoms with Crippen LogP contribution in [-0.4, -0.2) is 48.8 Å². The predicted octanol–water partition coefficient (Wildman–Crippen LogP) is -1.86. The van der Waals surface area contributed by atoms with Crippen LogP contribution in [-0.2, 0) is 4.74 Å². The maximum atomic E-state index is 12.0. The lowest BCUT2D eigenvalue weighted by atomic mass is 9.93. The summed E-state index contributed by atoms with van der Waals surface area (Å²) in [6, 6.07) is 1.41. The number of anilines is 1. The summed E-state index contributed by atoms with van der Waals surface area (Å²) in [7, 11) is 0. The maximum Gasteiger partial charge on any atom is 0.351 e. The lowest BCUT2D eigenvalue weighted by Crippen LogP contribution is -2.49. The van der Waals surface area contributed by atoms with E-state index in [2.05, 4.69) is 4.98 Å². The summed E-state index contributed by atoms with van der Waals surface area (Å²) in [4.78, 5) is 15.6. The number of aromatic nitrogens is 2. The van der Waals surface area contributed by atoms with Crippen molar-refractivity contribution in [3.05, 3.63) is 22.2 Å². The molecule has 0 radical (unpaired) electrons. The number of aryl methyl sites for hydroxylation is 1. The second kappa shape index (κ2) is 5.13. The SMILES string of the molecule is C#C[C@@]1(O)C(O)[C@@H]([C@@H](C)O)O[C@H]1n1c(C)cc(N)nc1=O. The lowest BCUT2D eigenvalue weighted by molar-refractivity contribution is -0.0891. The molecule has 1 aromatic heterocycles. The third kappa shape index (κ3) is 2.30. The quantitative estimate of drug-likeness (QED) is 0.470. The van der Waals surface area contributed by atoms with E-state index in [0.29, 0.717) is 5.69 Å². The number of nitrogens with zero attached hydrogens (tertiary/aromatic N) is 2. The molecule has 0 amide bonds. The van der Waals surface area contributed by atoms with Gasteiger partial charge in [0.15, 0.2) is 11.8 Å². The number of aliphatic hydroxyl groups excluding tert-OH is 2. The van der Waals surface area contributed by atoms with Gasteiger partial charge < -0.3 is 25.8 Å². The first kappa shape index (κ1) is 15.5. The van der Waals surface area contributed by atoms with E-state index < -0.39 is 35.8 Å². The van der Waals surface area contributed by atoms with Gasteiger partial charge in [-0.2, -0.15) is 4.98 Å². The minimum Gasteiger partial charge on any atom is -0.391 e. The van der Waals surface area contributed by atoms with E-state index in [1.54, 1.807) is 6.92 Å². The van der Waals surface area contributed by atoms with Crippen molar-refractivity contribution in [3.8, 4) is 12.3 Å². The van der Waals surface area contributed by atoms with Crippen LogP contribution in [0, 0.1) is 19.3 Å². The van der Waals surface area contributed by atoms with Gasteiger partial charge >= 0.3 is 5.69 Å². The maximum absolute atomic E-state index is 12.0. The minimum absolute atomic E-state index is 0.0172. The fraction of sp³-hybridized carbons (Fsp3) is 0.538. The van der Waals surface area contributed by atoms with Crippen molar-refractivity contribution in [2.24, 2.45) is 0 Å². The van der Waals surface area contributed by atoms with Gasteiger partial charge in [-0.3, -0.25) is 4.57 Å². The third-order valence-electron chi connectivity index (χ3n) is 3.53. The van der Waals surface area contributed by atoms with Gasteiger partial charge in [0, 0.05) is 5.69 Å². The molecular formula is C13H17N3O5. The number of hydrogen-bond acceptors (Lipinski definition) is 7. The second-order valence-corrected chi connectivity index (χ2v) is 5.08. The van der Waals surface area contributed by atoms with Gasteiger partial charge in [0.1, 0.15) is 18.0 Å². The van der Waals surface area contributed by atoms with Crippen molar-refractivity contribution >= 4 is 5.82 Å². The third-order valence-corrected chi connectivity index (χ3v) is 3.53. The molecule has 0 aromatic carbocycles. The first-order valence-electron chi connectivity index (χ1n) is 6.29. The minimum atomic E-state index is -2.17. The smallest absolute Gasteiger partial charge is 0.351 e. The van der Waals surface area contributed by atoms with Gasteiger partial charge in [-0.15, -0.1) is 6.42 Å². The Balaban J connectivity index is 2.59. The predicted molar refractivity (Wildman–Crippen MR) is 73.0 cm³/mol. The van der Waals surface area contributed by atoms with Crippen LogP contribution in [0.1, 0.15) is 18.8 Å². The summed E-state index contributed by atoms with van der Waals surface area (Å²) < 4.78 is 6.42. The molecule has 114 valence electrons. The van der Waals surface area contributed by atoms with Crippen molar-refractivity contribution in [1.29, 1.82) is 0 Å². The van der Waals surface area contributed by atoms with Gasteiger partial charge in [-0.05, 0) is 19.9 Å². The van der Waals surface area contributed by atoms with Crippen LogP contribution in [0.3, 0.4) is 0 Å². The van der Waals surface area contributed by atoms with Gasteiger partial charge in [0.05, 0.1) is 6.10 Å². The zero-order valence-electron chi connectivity index (χ0n) is 11.6. The molecule has 8 nitrogen and oxygen atoms in total. The molecule has 0 aliphatic carbocycles. The molecular weight excluding hydrogens is 278 g/mol. The van der Waals surface area contributed by atoms with Crippen LogP contribution >= 0.6 is 0 Å². The molecule has 0 spiro atoms. The number of nitrogen functional groups attached to an aromatic ring is 1. The number of aliphatic hydroxyl groups is 3. The molecule has 8 heteroatoms. The van der Waals surface area contributed by atoms with Gasteiger partial charge in [0.25, 0.3) is 0 Å². The fourth-order valence-electron chi connectivity index (χ4n) is 2.43. The summed E-state index contributed by atoms with van der Waals surface area (Å²) in [5.41, 5.74) is 2.88. The van der Waals surface area contributed by atoms with Crippen molar-refractivity contribution in [2.75, 3.05) is 5.73 Å². The van der Waals surface area contributed by atoms with Gasteiger partial charge in [-0.1, -0.05) is 5.92 Å². The summed E-state index contributed by atoms with van der Waals surface area (Å²) >= 11 is 0. The van der Waals surface area contributed by atoms with Crippen LogP contribution in [0.5, 0.6) is 0 Å². The highest BCUT2D eigenvalue weighted by atomic mass is 16.6. The fourth-order valence-corrected chi connectivity index (χ4v) is 2.43. The van der Waals surface area contributed by atoms with Crippen LogP contribution in [0.15, 0.2) is 10.9 Å². The lowest BCUT2D eigenvalue weighted by Gasteiger charge is -2.27. The Hall–Kier alpha value is -1.92. The highest BCUT2D eigenvalue weighted by Crippen LogP contribution is 2.39. The summed E-state index contributed by atoms with van der Waals surface area (Å²) in [6.45, 7) is 2.94. The Morgan fingerprint density at radius 3 is 2.76 bits per heavy atom. The molecule has 1 aliphatic rings. The Morgan fingerprint density at radius 1 is 1.67 bits per heavy atom. The number of terminal acetylenes is 1. The largest absolute Gasteiger partial charge is 0.391 e. The highest BCUT2D eigenvalue weighted by molar-refractivity contribution is 5.29. The summed E-state index contributed by atoms with van der Waals surface area (Å²) in [5.74, 6) is 2.06. The number of hydrogen-bond donors (Lipinski definition) is 4. The molecule has 2 heterocycles. The van der Waals surface area contributed by atoms with E-state index in [9.17, 15) is 20.1 Å². The van der Waals surface area contributed by atoms with Gasteiger partial charge in [-0.25, -0.2) is 4.79 Å². The Labute approximate surface area is 120 Å². The Morgan fingerprint density at radius 2 is 2.29 bits per heavy atom. The van der Waals surface area contributed by atoms with Crippen LogP contribution in [0.4, 0.5) is 5.82 Å². The Kier molecular flexibility index (Phi) is 3.78. The van der Waals surface area contributed by atoms with E-state index in [1.807, 2.05) is 5.92 Å². The van der Waals surface area contributed by atoms with Crippen molar-refractivity contribution in [1.82, 2.24) is 9.55 Å². The molecule has 1 fully saturated rings. The molecule has 5 atom stereocenters. The van der Waals surface area contributed by atoms with Crippen molar-refractivity contribution in [2.45, 2.75) is 44.0 Å². The molecule has 21 heavy (non-hydrogen) atoms. The topological polar surface area (TPSA) is 131 Å². The number of nitrogens with two attached hydrogens (primary N) is 1. The average Bonchev–Trinajstić information content (AvgIpc) is 2.63. The van der Waals surface area contributed by atoms with Crippen molar-refractivity contribution < 1.29 is 20.1 Å². The van der Waals surface area contributed by atoms with E-state index in [1.165, 1.54) is 13.0 Å². The summed E-state index contributed by atoms with van der Waals surface area (Å²) in [5, 5.41) is 30.2. The Bertz CT molecular complexity index is 650. The molecule has 1 saturated heterocycles. The first-order chi connectivity index (χ1) is 9.72. The normalized spacial score (nSPS) is 33.6. The molecule has 5 N–H and O–H groups in total. The van der Waals surface area contributed by atoms with Crippen LogP contribution < -0.4 is 11.4 Å². The zero-order valence-corrected chi connectivity index (χ0v) is 11.6. The van der Waals surface area contributed by atoms with Gasteiger partial charge in [0.2, 0.25) is 0 Å². The zero-order chi connectivity index (χ0) is 15.9. The second-order valence-electron chi connectivity index (χ2n) is 5.08. The molecule has 1 aliphatic heterocycles. The molecule has 2 rings (SSSR count). The van der Waals surface area contributed by atoms with E-state index in [4.69, 9.17) is 16.9 Å². The van der Waals surface area contributed by atoms with E-state index >= 15 is 0 Å². The molecule has 0 saturated carbocycles. The average molecular weight is 295 g/mol. The molecule has 1 aromatic rings. The first-order valence-corrected chi connectivity index (χ1v) is 6.29. The van der Waals surface area contributed by atoms with E-state index in [0.717, 1.165) is 4.57 Å². The number of ether oxygens (including phenoxy) is 1. The standard InChI is InChI=1S/C13H17N3O5/c1-4-13(20)10(18)9(7(3)17)21-11(13)16-6(2)5-8(14)15-12(16)19/h1,5,7,9-11,17-18,20H,2-3H3,(H2,14,15,19)/t7-,9-,10?,11-,13-/m1/s1. The summed E-state index contributed by atoms with van der Waals surface area (Å²) in [6.07, 6.45) is 0.127. The molecule has 0 bridgehead atoms. The van der Waals surface area contributed by atoms with E-state index in [-0.39, 0.29) is 5.82 Å². The number of rotatable bonds is 2. The highest BCUT2D eigenvalue weighted by Gasteiger charge is 2.57.